The zero-order chi connectivity index (χ0) is 20.8. The molecule has 0 saturated carbocycles. The molecule has 0 bridgehead atoms. The number of nitrogens with zero attached hydrogens (tertiary/aromatic N) is 6. The van der Waals surface area contributed by atoms with Crippen LogP contribution in [0.4, 0.5) is 5.69 Å². The normalized spacial score (nSPS) is 12.7. The van der Waals surface area contributed by atoms with Crippen LogP contribution in [0.2, 0.25) is 0 Å². The summed E-state index contributed by atoms with van der Waals surface area (Å²) in [7, 11) is 0. The van der Waals surface area contributed by atoms with Crippen molar-refractivity contribution >= 4 is 17.4 Å². The van der Waals surface area contributed by atoms with E-state index in [0.717, 1.165) is 33.9 Å². The quantitative estimate of drug-likeness (QED) is 0.494. The van der Waals surface area contributed by atoms with Gasteiger partial charge < -0.3 is 5.32 Å². The molecule has 6 rings (SSSR count). The van der Waals surface area contributed by atoms with Gasteiger partial charge in [-0.3, -0.25) is 19.2 Å². The smallest absolute Gasteiger partial charge is 0.254 e. The lowest BCUT2D eigenvalue weighted by molar-refractivity contribution is -0.115. The average Bonchev–Trinajstić information content (AvgIpc) is 3.41. The predicted molar refractivity (Wildman–Crippen MR) is 115 cm³/mol. The summed E-state index contributed by atoms with van der Waals surface area (Å²) in [5, 5.41) is 11.6. The molecule has 0 fully saturated rings. The van der Waals surface area contributed by atoms with E-state index in [1.807, 2.05) is 65.2 Å². The molecule has 1 aromatic carbocycles. The second-order valence-corrected chi connectivity index (χ2v) is 7.22. The molecule has 0 spiro atoms. The summed E-state index contributed by atoms with van der Waals surface area (Å²) in [4.78, 5) is 25.4. The summed E-state index contributed by atoms with van der Waals surface area (Å²) in [5.41, 5.74) is 6.30. The highest BCUT2D eigenvalue weighted by Gasteiger charge is 2.21. The molecule has 148 valence electrons. The third kappa shape index (κ3) is 2.93. The van der Waals surface area contributed by atoms with Gasteiger partial charge in [0.15, 0.2) is 0 Å². The van der Waals surface area contributed by atoms with Gasteiger partial charge in [-0.05, 0) is 42.0 Å². The van der Waals surface area contributed by atoms with E-state index in [4.69, 9.17) is 0 Å². The third-order valence-electron chi connectivity index (χ3n) is 5.23. The molecule has 0 atom stereocenters. The van der Waals surface area contributed by atoms with Gasteiger partial charge in [0.1, 0.15) is 11.4 Å². The van der Waals surface area contributed by atoms with Gasteiger partial charge in [0.05, 0.1) is 23.5 Å². The van der Waals surface area contributed by atoms with E-state index >= 15 is 0 Å². The van der Waals surface area contributed by atoms with Crippen molar-refractivity contribution in [1.82, 2.24) is 29.5 Å². The van der Waals surface area contributed by atoms with Crippen LogP contribution in [-0.4, -0.2) is 35.5 Å². The van der Waals surface area contributed by atoms with E-state index in [1.54, 1.807) is 12.4 Å². The Morgan fingerprint density at radius 2 is 1.68 bits per heavy atom. The van der Waals surface area contributed by atoms with Crippen LogP contribution in [-0.2, 0) is 11.2 Å². The first kappa shape index (κ1) is 17.4. The van der Waals surface area contributed by atoms with Crippen molar-refractivity contribution < 1.29 is 4.79 Å². The van der Waals surface area contributed by atoms with Crippen molar-refractivity contribution in [1.29, 1.82) is 0 Å². The van der Waals surface area contributed by atoms with Crippen LogP contribution in [0, 0.1) is 0 Å². The zero-order valence-electron chi connectivity index (χ0n) is 16.2. The molecular formula is C23H15N7O. The number of fused-ring (bicyclic) bond motifs is 2. The summed E-state index contributed by atoms with van der Waals surface area (Å²) in [6.07, 6.45) is 5.76. The lowest BCUT2D eigenvalue weighted by atomic mass is 10.1. The van der Waals surface area contributed by atoms with Crippen LogP contribution in [0.1, 0.15) is 5.56 Å². The van der Waals surface area contributed by atoms with Crippen molar-refractivity contribution in [2.45, 2.75) is 6.42 Å². The number of benzene rings is 1. The van der Waals surface area contributed by atoms with E-state index in [2.05, 4.69) is 30.5 Å². The lowest BCUT2D eigenvalue weighted by Crippen LogP contribution is -2.03. The van der Waals surface area contributed by atoms with Crippen LogP contribution in [0.25, 0.3) is 39.8 Å². The first-order chi connectivity index (χ1) is 15.3. The molecule has 8 nitrogen and oxygen atoms in total. The number of hydrogen-bond acceptors (Lipinski definition) is 6. The maximum Gasteiger partial charge on any atom is 0.254 e. The number of imidazole rings is 1. The van der Waals surface area contributed by atoms with E-state index in [1.165, 1.54) is 0 Å². The fourth-order valence-electron chi connectivity index (χ4n) is 3.81. The third-order valence-corrected chi connectivity index (χ3v) is 5.23. The maximum absolute atomic E-state index is 11.7. The van der Waals surface area contributed by atoms with Gasteiger partial charge in [0, 0.05) is 29.8 Å². The van der Waals surface area contributed by atoms with Crippen molar-refractivity contribution in [3.63, 3.8) is 0 Å². The molecule has 0 saturated heterocycles. The number of amides is 1. The van der Waals surface area contributed by atoms with Crippen LogP contribution in [0.5, 0.6) is 0 Å². The van der Waals surface area contributed by atoms with Gasteiger partial charge in [-0.2, -0.15) is 0 Å². The zero-order valence-corrected chi connectivity index (χ0v) is 16.2. The summed E-state index contributed by atoms with van der Waals surface area (Å²) in [6, 6.07) is 17.2. The van der Waals surface area contributed by atoms with E-state index in [-0.39, 0.29) is 5.91 Å². The van der Waals surface area contributed by atoms with Gasteiger partial charge in [-0.25, -0.2) is 4.98 Å². The Hall–Kier alpha value is -4.46. The van der Waals surface area contributed by atoms with Crippen LogP contribution in [0.3, 0.4) is 0 Å². The molecule has 1 aliphatic rings. The number of rotatable bonds is 3. The minimum atomic E-state index is 0.00505. The highest BCUT2D eigenvalue weighted by atomic mass is 16.1. The number of nitrogens with one attached hydrogen (secondary N) is 1. The molecule has 1 aliphatic heterocycles. The van der Waals surface area contributed by atoms with Gasteiger partial charge in [0.2, 0.25) is 5.91 Å². The Morgan fingerprint density at radius 3 is 2.45 bits per heavy atom. The molecule has 8 heteroatoms. The summed E-state index contributed by atoms with van der Waals surface area (Å²) >= 11 is 0. The second kappa shape index (κ2) is 6.81. The first-order valence-electron chi connectivity index (χ1n) is 9.78. The SMILES string of the molecule is O=C1Cc2cc(-c3cn4c(-c5ccccn5)c(-c5ccccn5)nnc4n3)ccc2N1. The van der Waals surface area contributed by atoms with Crippen molar-refractivity contribution in [3.8, 4) is 34.0 Å². The Bertz CT molecular complexity index is 1450. The standard InChI is InChI=1S/C23H15N7O/c31-20-12-15-11-14(7-8-16(15)26-20)19-13-30-22(18-6-2-4-10-25-18)21(28-29-23(30)27-19)17-5-1-3-9-24-17/h1-11,13H,12H2,(H,26,31). The Labute approximate surface area is 176 Å². The summed E-state index contributed by atoms with van der Waals surface area (Å²) in [5.74, 6) is 0.468. The number of anilines is 1. The molecule has 0 aliphatic carbocycles. The maximum atomic E-state index is 11.7. The average molecular weight is 405 g/mol. The molecule has 1 N–H and O–H groups in total. The molecule has 5 aromatic rings. The second-order valence-electron chi connectivity index (χ2n) is 7.22. The molecule has 4 aromatic heterocycles. The van der Waals surface area contributed by atoms with Crippen molar-refractivity contribution in [2.75, 3.05) is 5.32 Å². The first-order valence-corrected chi connectivity index (χ1v) is 9.78. The Morgan fingerprint density at radius 1 is 0.871 bits per heavy atom. The van der Waals surface area contributed by atoms with Crippen molar-refractivity contribution in [3.05, 3.63) is 78.8 Å². The summed E-state index contributed by atoms with van der Waals surface area (Å²) in [6.45, 7) is 0. The van der Waals surface area contributed by atoms with Crippen LogP contribution < -0.4 is 5.32 Å². The molecule has 0 unspecified atom stereocenters. The molecule has 31 heavy (non-hydrogen) atoms. The van der Waals surface area contributed by atoms with Crippen molar-refractivity contribution in [2.24, 2.45) is 0 Å². The van der Waals surface area contributed by atoms with Crippen LogP contribution >= 0.6 is 0 Å². The Balaban J connectivity index is 1.57. The van der Waals surface area contributed by atoms with Gasteiger partial charge in [0.25, 0.3) is 5.78 Å². The number of carbonyl (C=O) groups is 1. The molecule has 5 heterocycles. The largest absolute Gasteiger partial charge is 0.326 e. The molecular weight excluding hydrogens is 390 g/mol. The number of hydrogen-bond donors (Lipinski definition) is 1. The van der Waals surface area contributed by atoms with Gasteiger partial charge in [-0.1, -0.05) is 18.2 Å². The minimum absolute atomic E-state index is 0.00505. The van der Waals surface area contributed by atoms with E-state index < -0.39 is 0 Å². The fourth-order valence-corrected chi connectivity index (χ4v) is 3.81. The van der Waals surface area contributed by atoms with E-state index in [0.29, 0.717) is 23.6 Å². The summed E-state index contributed by atoms with van der Waals surface area (Å²) < 4.78 is 1.89. The highest BCUT2D eigenvalue weighted by molar-refractivity contribution is 5.99. The lowest BCUT2D eigenvalue weighted by Gasteiger charge is -2.09. The molecule has 1 amide bonds. The fraction of sp³-hybridized carbons (Fsp3) is 0.0435. The predicted octanol–water partition coefficient (Wildman–Crippen LogP) is 3.41. The molecule has 0 radical (unpaired) electrons. The Kier molecular flexibility index (Phi) is 3.82. The van der Waals surface area contributed by atoms with Crippen LogP contribution in [0.15, 0.2) is 73.2 Å². The van der Waals surface area contributed by atoms with Gasteiger partial charge >= 0.3 is 0 Å². The highest BCUT2D eigenvalue weighted by Crippen LogP contribution is 2.32. The topological polar surface area (TPSA) is 98.0 Å². The monoisotopic (exact) mass is 405 g/mol. The van der Waals surface area contributed by atoms with Gasteiger partial charge in [-0.15, -0.1) is 10.2 Å². The number of aromatic nitrogens is 6. The van der Waals surface area contributed by atoms with E-state index in [9.17, 15) is 4.79 Å². The minimum Gasteiger partial charge on any atom is -0.326 e. The number of pyridine rings is 2. The number of carbonyl (C=O) groups excluding carboxylic acids is 1.